The van der Waals surface area contributed by atoms with Crippen LogP contribution in [0, 0.1) is 6.92 Å². The molecule has 5 nitrogen and oxygen atoms in total. The van der Waals surface area contributed by atoms with Crippen LogP contribution in [0.25, 0.3) is 0 Å². The summed E-state index contributed by atoms with van der Waals surface area (Å²) in [4.78, 5) is 13.5. The van der Waals surface area contributed by atoms with Crippen molar-refractivity contribution < 1.29 is 18.8 Å². The summed E-state index contributed by atoms with van der Waals surface area (Å²) in [5.74, 6) is 1.76. The number of ether oxygens (including phenoxy) is 2. The van der Waals surface area contributed by atoms with E-state index >= 15 is 0 Å². The maximum Gasteiger partial charge on any atom is 0.339 e. The Balaban J connectivity index is 1.66. The van der Waals surface area contributed by atoms with E-state index in [2.05, 4.69) is 5.16 Å². The molecule has 6 heteroatoms. The van der Waals surface area contributed by atoms with Crippen molar-refractivity contribution in [2.24, 2.45) is 0 Å². The number of para-hydroxylation sites is 1. The fourth-order valence-corrected chi connectivity index (χ4v) is 3.46. The number of nitrogens with zero attached hydrogens (tertiary/aromatic N) is 1. The minimum Gasteiger partial charge on any atom is -0.493 e. The predicted octanol–water partition coefficient (Wildman–Crippen LogP) is 5.03. The zero-order valence-electron chi connectivity index (χ0n) is 15.3. The highest BCUT2D eigenvalue weighted by Crippen LogP contribution is 2.27. The van der Waals surface area contributed by atoms with E-state index in [9.17, 15) is 4.79 Å². The third-order valence-corrected chi connectivity index (χ3v) is 4.90. The van der Waals surface area contributed by atoms with Gasteiger partial charge >= 0.3 is 5.97 Å². The Hall–Kier alpha value is -2.73. The van der Waals surface area contributed by atoms with Gasteiger partial charge < -0.3 is 14.0 Å². The van der Waals surface area contributed by atoms with Gasteiger partial charge in [-0.2, -0.15) is 0 Å². The normalized spacial score (nSPS) is 10.6. The molecule has 0 spiro atoms. The Morgan fingerprint density at radius 2 is 1.93 bits per heavy atom. The lowest BCUT2D eigenvalue weighted by atomic mass is 10.2. The number of hydrogen-bond acceptors (Lipinski definition) is 6. The monoisotopic (exact) mass is 383 g/mol. The Labute approximate surface area is 162 Å². The lowest BCUT2D eigenvalue weighted by molar-refractivity contribution is 0.0465. The van der Waals surface area contributed by atoms with Gasteiger partial charge in [0.05, 0.1) is 17.9 Å². The van der Waals surface area contributed by atoms with Gasteiger partial charge in [-0.25, -0.2) is 4.79 Å². The lowest BCUT2D eigenvalue weighted by Gasteiger charge is -2.12. The van der Waals surface area contributed by atoms with Crippen molar-refractivity contribution in [1.29, 1.82) is 0 Å². The molecule has 0 saturated heterocycles. The van der Waals surface area contributed by atoms with Gasteiger partial charge in [-0.1, -0.05) is 35.5 Å². The van der Waals surface area contributed by atoms with E-state index in [0.717, 1.165) is 27.7 Å². The van der Waals surface area contributed by atoms with Crippen molar-refractivity contribution in [2.75, 3.05) is 6.61 Å². The summed E-state index contributed by atoms with van der Waals surface area (Å²) < 4.78 is 16.2. The number of carbonyl (C=O) groups excluding carboxylic acids is 1. The number of aromatic nitrogens is 1. The molecule has 2 aromatic carbocycles. The Morgan fingerprint density at radius 1 is 1.15 bits per heavy atom. The smallest absolute Gasteiger partial charge is 0.339 e. The standard InChI is InChI=1S/C21H21NO4S/c1-3-24-19-10-6-4-8-16(19)13-25-21(23)18-9-5-7-11-20(18)27-14-17-12-15(2)26-22-17/h4-12H,3,13-14H2,1-2H3. The van der Waals surface area contributed by atoms with Crippen molar-refractivity contribution in [1.82, 2.24) is 5.16 Å². The first-order valence-electron chi connectivity index (χ1n) is 8.69. The van der Waals surface area contributed by atoms with Crippen LogP contribution >= 0.6 is 11.8 Å². The molecule has 0 N–H and O–H groups in total. The van der Waals surface area contributed by atoms with Crippen molar-refractivity contribution in [3.05, 3.63) is 77.2 Å². The van der Waals surface area contributed by atoms with Gasteiger partial charge in [0.2, 0.25) is 0 Å². The molecule has 3 aromatic rings. The van der Waals surface area contributed by atoms with Crippen LogP contribution in [-0.2, 0) is 17.1 Å². The first-order valence-corrected chi connectivity index (χ1v) is 9.67. The highest BCUT2D eigenvalue weighted by Gasteiger charge is 2.15. The third kappa shape index (κ3) is 5.14. The van der Waals surface area contributed by atoms with Crippen LogP contribution < -0.4 is 4.74 Å². The molecule has 0 bridgehead atoms. The van der Waals surface area contributed by atoms with Crippen LogP contribution in [0.15, 0.2) is 64.0 Å². The maximum atomic E-state index is 12.6. The van der Waals surface area contributed by atoms with Gasteiger partial charge in [-0.05, 0) is 32.0 Å². The summed E-state index contributed by atoms with van der Waals surface area (Å²) in [6.07, 6.45) is 0. The minimum atomic E-state index is -0.360. The van der Waals surface area contributed by atoms with Gasteiger partial charge in [0.1, 0.15) is 18.1 Å². The van der Waals surface area contributed by atoms with Gasteiger partial charge in [-0.3, -0.25) is 0 Å². The first kappa shape index (κ1) is 19.0. The lowest BCUT2D eigenvalue weighted by Crippen LogP contribution is -2.07. The van der Waals surface area contributed by atoms with Crippen LogP contribution in [0.3, 0.4) is 0 Å². The number of thioether (sulfide) groups is 1. The van der Waals surface area contributed by atoms with E-state index in [0.29, 0.717) is 17.9 Å². The van der Waals surface area contributed by atoms with Crippen LogP contribution in [0.1, 0.15) is 34.3 Å². The minimum absolute atomic E-state index is 0.163. The van der Waals surface area contributed by atoms with E-state index in [1.165, 1.54) is 11.8 Å². The van der Waals surface area contributed by atoms with Crippen LogP contribution in [0.2, 0.25) is 0 Å². The summed E-state index contributed by atoms with van der Waals surface area (Å²) in [6, 6.07) is 16.9. The molecular formula is C21H21NO4S. The number of aryl methyl sites for hydroxylation is 1. The molecule has 0 saturated carbocycles. The Bertz CT molecular complexity index is 906. The highest BCUT2D eigenvalue weighted by atomic mass is 32.2. The van der Waals surface area contributed by atoms with Gasteiger partial charge in [-0.15, -0.1) is 11.8 Å². The molecule has 0 amide bonds. The van der Waals surface area contributed by atoms with Gasteiger partial charge in [0.15, 0.2) is 0 Å². The summed E-state index contributed by atoms with van der Waals surface area (Å²) in [7, 11) is 0. The summed E-state index contributed by atoms with van der Waals surface area (Å²) in [6.45, 7) is 4.50. The van der Waals surface area contributed by atoms with Crippen LogP contribution in [0.5, 0.6) is 5.75 Å². The zero-order valence-corrected chi connectivity index (χ0v) is 16.1. The second kappa shape index (κ2) is 9.28. The zero-order chi connectivity index (χ0) is 19.1. The van der Waals surface area contributed by atoms with Crippen LogP contribution in [0.4, 0.5) is 0 Å². The Morgan fingerprint density at radius 3 is 2.70 bits per heavy atom. The number of rotatable bonds is 8. The molecule has 140 valence electrons. The molecule has 0 aliphatic carbocycles. The van der Waals surface area contributed by atoms with E-state index in [-0.39, 0.29) is 12.6 Å². The van der Waals surface area contributed by atoms with E-state index in [1.807, 2.05) is 62.4 Å². The van der Waals surface area contributed by atoms with Crippen molar-refractivity contribution in [3.63, 3.8) is 0 Å². The number of esters is 1. The molecule has 3 rings (SSSR count). The summed E-state index contributed by atoms with van der Waals surface area (Å²) in [5, 5.41) is 3.98. The van der Waals surface area contributed by atoms with Crippen molar-refractivity contribution in [2.45, 2.75) is 31.1 Å². The average Bonchev–Trinajstić information content (AvgIpc) is 3.11. The summed E-state index contributed by atoms with van der Waals surface area (Å²) in [5.41, 5.74) is 2.22. The fourth-order valence-electron chi connectivity index (χ4n) is 2.54. The largest absolute Gasteiger partial charge is 0.493 e. The second-order valence-corrected chi connectivity index (χ2v) is 6.85. The number of hydrogen-bond donors (Lipinski definition) is 0. The molecule has 0 unspecified atom stereocenters. The molecule has 0 atom stereocenters. The van der Waals surface area contributed by atoms with E-state index < -0.39 is 0 Å². The molecular weight excluding hydrogens is 362 g/mol. The quantitative estimate of drug-likeness (QED) is 0.401. The molecule has 0 fully saturated rings. The van der Waals surface area contributed by atoms with E-state index in [1.54, 1.807) is 6.07 Å². The first-order chi connectivity index (χ1) is 13.2. The molecule has 0 radical (unpaired) electrons. The number of benzene rings is 2. The van der Waals surface area contributed by atoms with Crippen molar-refractivity contribution in [3.8, 4) is 5.75 Å². The fraction of sp³-hybridized carbons (Fsp3) is 0.238. The third-order valence-electron chi connectivity index (χ3n) is 3.79. The number of carbonyl (C=O) groups is 1. The van der Waals surface area contributed by atoms with Gasteiger partial charge in [0, 0.05) is 22.3 Å². The molecule has 0 aliphatic heterocycles. The van der Waals surface area contributed by atoms with Crippen LogP contribution in [-0.4, -0.2) is 17.7 Å². The average molecular weight is 383 g/mol. The Kier molecular flexibility index (Phi) is 6.54. The molecule has 1 heterocycles. The molecule has 1 aromatic heterocycles. The van der Waals surface area contributed by atoms with Crippen molar-refractivity contribution >= 4 is 17.7 Å². The van der Waals surface area contributed by atoms with E-state index in [4.69, 9.17) is 14.0 Å². The SMILES string of the molecule is CCOc1ccccc1COC(=O)c1ccccc1SCc1cc(C)on1. The predicted molar refractivity (Wildman–Crippen MR) is 104 cm³/mol. The summed E-state index contributed by atoms with van der Waals surface area (Å²) >= 11 is 1.53. The highest BCUT2D eigenvalue weighted by molar-refractivity contribution is 7.98. The molecule has 0 aliphatic rings. The second-order valence-electron chi connectivity index (χ2n) is 5.83. The maximum absolute atomic E-state index is 12.6. The van der Waals surface area contributed by atoms with Gasteiger partial charge in [0.25, 0.3) is 0 Å². The molecule has 27 heavy (non-hydrogen) atoms. The topological polar surface area (TPSA) is 61.6 Å².